The third-order valence-corrected chi connectivity index (χ3v) is 2.30. The molecule has 0 aromatic heterocycles. The Hall–Kier alpha value is -1.75. The van der Waals surface area contributed by atoms with Crippen LogP contribution in [0.2, 0.25) is 0 Å². The number of ether oxygens (including phenoxy) is 1. The first-order valence-electron chi connectivity index (χ1n) is 5.47. The Morgan fingerprint density at radius 2 is 2.06 bits per heavy atom. The van der Waals surface area contributed by atoms with Crippen molar-refractivity contribution in [3.05, 3.63) is 24.3 Å². The van der Waals surface area contributed by atoms with Gasteiger partial charge in [-0.15, -0.1) is 0 Å². The summed E-state index contributed by atoms with van der Waals surface area (Å²) in [6.07, 6.45) is 0. The van der Waals surface area contributed by atoms with Gasteiger partial charge in [-0.25, -0.2) is 0 Å². The van der Waals surface area contributed by atoms with Gasteiger partial charge in [-0.3, -0.25) is 4.79 Å². The van der Waals surface area contributed by atoms with E-state index in [0.717, 1.165) is 0 Å². The van der Waals surface area contributed by atoms with Crippen molar-refractivity contribution in [3.63, 3.8) is 0 Å². The predicted octanol–water partition coefficient (Wildman–Crippen LogP) is 0.495. The van der Waals surface area contributed by atoms with Crippen LogP contribution in [0.4, 0.5) is 0 Å². The first-order valence-corrected chi connectivity index (χ1v) is 5.47. The number of rotatable bonds is 6. The number of carbonyl (C=O) groups is 1. The van der Waals surface area contributed by atoms with E-state index in [1.807, 2.05) is 14.0 Å². The lowest BCUT2D eigenvalue weighted by Gasteiger charge is -2.11. The van der Waals surface area contributed by atoms with Crippen molar-refractivity contribution in [3.8, 4) is 11.5 Å². The summed E-state index contributed by atoms with van der Waals surface area (Å²) in [5.74, 6) is 0.560. The topological polar surface area (TPSA) is 70.6 Å². The second-order valence-corrected chi connectivity index (χ2v) is 3.78. The van der Waals surface area contributed by atoms with E-state index in [1.165, 1.54) is 12.1 Å². The van der Waals surface area contributed by atoms with E-state index in [4.69, 9.17) is 9.84 Å². The fourth-order valence-electron chi connectivity index (χ4n) is 1.11. The van der Waals surface area contributed by atoms with Crippen molar-refractivity contribution >= 4 is 5.91 Å². The molecular formula is C12H18N2O3. The standard InChI is InChI=1S/C12H18N2O3/c1-9(13-2)7-14-12(16)8-17-11-5-3-10(15)4-6-11/h3-6,9,13,15H,7-8H2,1-2H3,(H,14,16). The molecule has 1 aromatic carbocycles. The smallest absolute Gasteiger partial charge is 0.257 e. The van der Waals surface area contributed by atoms with Crippen molar-refractivity contribution in [2.24, 2.45) is 0 Å². The molecular weight excluding hydrogens is 220 g/mol. The number of hydrogen-bond donors (Lipinski definition) is 3. The predicted molar refractivity (Wildman–Crippen MR) is 65.1 cm³/mol. The van der Waals surface area contributed by atoms with Crippen LogP contribution in [0.3, 0.4) is 0 Å². The summed E-state index contributed by atoms with van der Waals surface area (Å²) in [7, 11) is 1.84. The van der Waals surface area contributed by atoms with Gasteiger partial charge < -0.3 is 20.5 Å². The van der Waals surface area contributed by atoms with E-state index in [2.05, 4.69) is 10.6 Å². The number of likely N-dealkylation sites (N-methyl/N-ethyl adjacent to an activating group) is 1. The lowest BCUT2D eigenvalue weighted by Crippen LogP contribution is -2.39. The Bertz CT molecular complexity index is 351. The Balaban J connectivity index is 2.26. The summed E-state index contributed by atoms with van der Waals surface area (Å²) in [6, 6.07) is 6.47. The fourth-order valence-corrected chi connectivity index (χ4v) is 1.11. The highest BCUT2D eigenvalue weighted by Gasteiger charge is 2.04. The monoisotopic (exact) mass is 238 g/mol. The summed E-state index contributed by atoms with van der Waals surface area (Å²) in [5, 5.41) is 14.8. The van der Waals surface area contributed by atoms with Crippen molar-refractivity contribution < 1.29 is 14.6 Å². The average Bonchev–Trinajstić information content (AvgIpc) is 2.35. The van der Waals surface area contributed by atoms with E-state index in [-0.39, 0.29) is 24.3 Å². The van der Waals surface area contributed by atoms with Gasteiger partial charge in [0, 0.05) is 12.6 Å². The molecule has 1 atom stereocenters. The van der Waals surface area contributed by atoms with Crippen LogP contribution in [0.25, 0.3) is 0 Å². The first-order chi connectivity index (χ1) is 8.11. The Kier molecular flexibility index (Phi) is 5.29. The van der Waals surface area contributed by atoms with Crippen LogP contribution < -0.4 is 15.4 Å². The van der Waals surface area contributed by atoms with Gasteiger partial charge in [0.05, 0.1) is 0 Å². The van der Waals surface area contributed by atoms with Crippen LogP contribution in [0.15, 0.2) is 24.3 Å². The number of amides is 1. The molecule has 3 N–H and O–H groups in total. The van der Waals surface area contributed by atoms with Crippen molar-refractivity contribution in [1.82, 2.24) is 10.6 Å². The van der Waals surface area contributed by atoms with Gasteiger partial charge in [0.1, 0.15) is 11.5 Å². The first kappa shape index (κ1) is 13.3. The highest BCUT2D eigenvalue weighted by molar-refractivity contribution is 5.77. The van der Waals surface area contributed by atoms with Crippen LogP contribution in [0, 0.1) is 0 Å². The quantitative estimate of drug-likeness (QED) is 0.674. The molecule has 0 radical (unpaired) electrons. The Morgan fingerprint density at radius 3 is 2.65 bits per heavy atom. The molecule has 0 aliphatic carbocycles. The molecule has 0 aliphatic rings. The zero-order valence-corrected chi connectivity index (χ0v) is 10.1. The van der Waals surface area contributed by atoms with E-state index in [0.29, 0.717) is 12.3 Å². The van der Waals surface area contributed by atoms with Gasteiger partial charge in [0.2, 0.25) is 0 Å². The molecule has 0 saturated heterocycles. The minimum absolute atomic E-state index is 0.0266. The molecule has 0 saturated carbocycles. The highest BCUT2D eigenvalue weighted by atomic mass is 16.5. The minimum atomic E-state index is -0.167. The molecule has 0 heterocycles. The zero-order chi connectivity index (χ0) is 12.7. The van der Waals surface area contributed by atoms with E-state index in [9.17, 15) is 4.79 Å². The van der Waals surface area contributed by atoms with Gasteiger partial charge >= 0.3 is 0 Å². The van der Waals surface area contributed by atoms with Crippen LogP contribution >= 0.6 is 0 Å². The molecule has 5 nitrogen and oxygen atoms in total. The van der Waals surface area contributed by atoms with Crippen LogP contribution in [-0.2, 0) is 4.79 Å². The molecule has 5 heteroatoms. The molecule has 17 heavy (non-hydrogen) atoms. The second kappa shape index (κ2) is 6.75. The summed E-state index contributed by atoms with van der Waals surface area (Å²) in [5.41, 5.74) is 0. The molecule has 0 fully saturated rings. The molecule has 0 spiro atoms. The van der Waals surface area contributed by atoms with E-state index in [1.54, 1.807) is 12.1 Å². The SMILES string of the molecule is CNC(C)CNC(=O)COc1ccc(O)cc1. The number of phenols is 1. The van der Waals surface area contributed by atoms with Crippen LogP contribution in [-0.4, -0.2) is 37.3 Å². The van der Waals surface area contributed by atoms with Gasteiger partial charge in [-0.2, -0.15) is 0 Å². The Morgan fingerprint density at radius 1 is 1.41 bits per heavy atom. The number of hydrogen-bond acceptors (Lipinski definition) is 4. The van der Waals surface area contributed by atoms with Gasteiger partial charge in [0.25, 0.3) is 5.91 Å². The van der Waals surface area contributed by atoms with Crippen LogP contribution in [0.1, 0.15) is 6.92 Å². The zero-order valence-electron chi connectivity index (χ0n) is 10.1. The maximum Gasteiger partial charge on any atom is 0.257 e. The Labute approximate surface area is 101 Å². The third kappa shape index (κ3) is 5.21. The fraction of sp³-hybridized carbons (Fsp3) is 0.417. The maximum atomic E-state index is 11.4. The molecule has 0 aliphatic heterocycles. The van der Waals surface area contributed by atoms with Gasteiger partial charge in [0.15, 0.2) is 6.61 Å². The number of carbonyl (C=O) groups excluding carboxylic acids is 1. The maximum absolute atomic E-state index is 11.4. The van der Waals surface area contributed by atoms with Crippen molar-refractivity contribution in [1.29, 1.82) is 0 Å². The molecule has 1 amide bonds. The summed E-state index contributed by atoms with van der Waals surface area (Å²) in [6.45, 7) is 2.51. The largest absolute Gasteiger partial charge is 0.508 e. The molecule has 0 bridgehead atoms. The van der Waals surface area contributed by atoms with E-state index < -0.39 is 0 Å². The molecule has 1 aromatic rings. The van der Waals surface area contributed by atoms with Gasteiger partial charge in [-0.05, 0) is 38.2 Å². The average molecular weight is 238 g/mol. The number of benzene rings is 1. The summed E-state index contributed by atoms with van der Waals surface area (Å²) in [4.78, 5) is 11.4. The third-order valence-electron chi connectivity index (χ3n) is 2.30. The number of nitrogens with one attached hydrogen (secondary N) is 2. The lowest BCUT2D eigenvalue weighted by atomic mass is 10.3. The number of phenolic OH excluding ortho intramolecular Hbond substituents is 1. The molecule has 94 valence electrons. The second-order valence-electron chi connectivity index (χ2n) is 3.78. The highest BCUT2D eigenvalue weighted by Crippen LogP contribution is 2.15. The lowest BCUT2D eigenvalue weighted by molar-refractivity contribution is -0.123. The van der Waals surface area contributed by atoms with Crippen LogP contribution in [0.5, 0.6) is 11.5 Å². The van der Waals surface area contributed by atoms with E-state index >= 15 is 0 Å². The summed E-state index contributed by atoms with van der Waals surface area (Å²) < 4.78 is 5.25. The molecule has 1 unspecified atom stereocenters. The van der Waals surface area contributed by atoms with Crippen molar-refractivity contribution in [2.75, 3.05) is 20.2 Å². The minimum Gasteiger partial charge on any atom is -0.508 e. The summed E-state index contributed by atoms with van der Waals surface area (Å²) >= 11 is 0. The van der Waals surface area contributed by atoms with Crippen molar-refractivity contribution in [2.45, 2.75) is 13.0 Å². The number of aromatic hydroxyl groups is 1. The van der Waals surface area contributed by atoms with Gasteiger partial charge in [-0.1, -0.05) is 0 Å². The molecule has 1 rings (SSSR count). The normalized spacial score (nSPS) is 11.9.